The minimum absolute atomic E-state index is 0.130. The van der Waals surface area contributed by atoms with Crippen LogP contribution in [0, 0.1) is 5.92 Å². The van der Waals surface area contributed by atoms with Crippen molar-refractivity contribution in [3.63, 3.8) is 0 Å². The zero-order valence-electron chi connectivity index (χ0n) is 8.48. The summed E-state index contributed by atoms with van der Waals surface area (Å²) in [7, 11) is 0. The molecule has 1 saturated carbocycles. The summed E-state index contributed by atoms with van der Waals surface area (Å²) in [5, 5.41) is 0. The lowest BCUT2D eigenvalue weighted by Gasteiger charge is -2.09. The van der Waals surface area contributed by atoms with Crippen molar-refractivity contribution in [1.82, 2.24) is 4.57 Å². The first-order valence-corrected chi connectivity index (χ1v) is 5.52. The first-order valence-electron chi connectivity index (χ1n) is 5.52. The maximum absolute atomic E-state index is 11.4. The van der Waals surface area contributed by atoms with Crippen molar-refractivity contribution in [2.75, 3.05) is 0 Å². The summed E-state index contributed by atoms with van der Waals surface area (Å²) < 4.78 is 1.82. The summed E-state index contributed by atoms with van der Waals surface area (Å²) >= 11 is 0. The van der Waals surface area contributed by atoms with Crippen molar-refractivity contribution in [1.29, 1.82) is 0 Å². The molecule has 0 saturated heterocycles. The monoisotopic (exact) mass is 191 g/mol. The van der Waals surface area contributed by atoms with Crippen LogP contribution >= 0.6 is 0 Å². The Morgan fingerprint density at radius 1 is 1.29 bits per heavy atom. The molecule has 0 amide bonds. The number of nitrogens with zero attached hydrogens (tertiary/aromatic N) is 1. The average Bonchev–Trinajstić information content (AvgIpc) is 2.69. The molecule has 1 aliphatic rings. The Balaban J connectivity index is 1.91. The van der Waals surface area contributed by atoms with Crippen molar-refractivity contribution in [3.05, 3.63) is 34.7 Å². The van der Waals surface area contributed by atoms with Gasteiger partial charge in [0, 0.05) is 18.8 Å². The molecule has 1 heterocycles. The van der Waals surface area contributed by atoms with E-state index in [2.05, 4.69) is 0 Å². The first-order chi connectivity index (χ1) is 6.86. The maximum Gasteiger partial charge on any atom is 0.250 e. The smallest absolute Gasteiger partial charge is 0.250 e. The van der Waals surface area contributed by atoms with Gasteiger partial charge in [-0.25, -0.2) is 0 Å². The minimum Gasteiger partial charge on any atom is -0.316 e. The Kier molecular flexibility index (Phi) is 3.02. The van der Waals surface area contributed by atoms with Crippen LogP contribution in [0.2, 0.25) is 0 Å². The fourth-order valence-corrected chi connectivity index (χ4v) is 2.27. The molecular formula is C12H17NO. The second-order valence-corrected chi connectivity index (χ2v) is 4.17. The third-order valence-corrected chi connectivity index (χ3v) is 3.15. The molecule has 1 aromatic rings. The van der Waals surface area contributed by atoms with Crippen LogP contribution < -0.4 is 5.56 Å². The summed E-state index contributed by atoms with van der Waals surface area (Å²) in [6.07, 6.45) is 8.55. The van der Waals surface area contributed by atoms with E-state index < -0.39 is 0 Å². The van der Waals surface area contributed by atoms with Crippen LogP contribution in [0.1, 0.15) is 32.1 Å². The van der Waals surface area contributed by atoms with E-state index in [-0.39, 0.29) is 5.56 Å². The lowest BCUT2D eigenvalue weighted by atomic mass is 10.0. The molecule has 1 fully saturated rings. The predicted molar refractivity (Wildman–Crippen MR) is 57.3 cm³/mol. The zero-order valence-corrected chi connectivity index (χ0v) is 8.48. The van der Waals surface area contributed by atoms with E-state index in [0.29, 0.717) is 0 Å². The van der Waals surface area contributed by atoms with E-state index in [1.807, 2.05) is 16.8 Å². The molecule has 0 N–H and O–H groups in total. The normalized spacial score (nSPS) is 17.4. The lowest BCUT2D eigenvalue weighted by molar-refractivity contribution is 0.453. The predicted octanol–water partition coefficient (Wildman–Crippen LogP) is 2.43. The summed E-state index contributed by atoms with van der Waals surface area (Å²) in [5.74, 6) is 0.863. The Morgan fingerprint density at radius 2 is 2.07 bits per heavy atom. The van der Waals surface area contributed by atoms with Gasteiger partial charge in [0.1, 0.15) is 0 Å². The highest BCUT2D eigenvalue weighted by Crippen LogP contribution is 2.27. The number of rotatable bonds is 3. The van der Waals surface area contributed by atoms with E-state index >= 15 is 0 Å². The maximum atomic E-state index is 11.4. The molecule has 0 bridgehead atoms. The highest BCUT2D eigenvalue weighted by Gasteiger charge is 2.14. The first kappa shape index (κ1) is 9.50. The van der Waals surface area contributed by atoms with Crippen LogP contribution in [-0.4, -0.2) is 4.57 Å². The minimum atomic E-state index is 0.130. The molecule has 2 nitrogen and oxygen atoms in total. The fraction of sp³-hybridized carbons (Fsp3) is 0.583. The molecule has 1 aliphatic carbocycles. The molecule has 0 unspecified atom stereocenters. The van der Waals surface area contributed by atoms with Crippen molar-refractivity contribution in [3.8, 4) is 0 Å². The van der Waals surface area contributed by atoms with Gasteiger partial charge in [0.2, 0.25) is 5.56 Å². The summed E-state index contributed by atoms with van der Waals surface area (Å²) in [6.45, 7) is 0.893. The van der Waals surface area contributed by atoms with Gasteiger partial charge in [-0.15, -0.1) is 0 Å². The van der Waals surface area contributed by atoms with Crippen LogP contribution in [0.3, 0.4) is 0 Å². The standard InChI is InChI=1S/C12H17NO/c14-12-7-3-4-9-13(12)10-8-11-5-1-2-6-11/h3-4,7,9,11H,1-2,5-6,8,10H2. The van der Waals surface area contributed by atoms with Gasteiger partial charge in [-0.05, 0) is 18.4 Å². The summed E-state index contributed by atoms with van der Waals surface area (Å²) in [4.78, 5) is 11.4. The van der Waals surface area contributed by atoms with Gasteiger partial charge in [-0.3, -0.25) is 4.79 Å². The number of pyridine rings is 1. The third-order valence-electron chi connectivity index (χ3n) is 3.15. The Hall–Kier alpha value is -1.05. The second-order valence-electron chi connectivity index (χ2n) is 4.17. The molecule has 0 radical (unpaired) electrons. The molecule has 0 aliphatic heterocycles. The van der Waals surface area contributed by atoms with Crippen molar-refractivity contribution in [2.45, 2.75) is 38.6 Å². The van der Waals surface area contributed by atoms with Crippen LogP contribution in [0.4, 0.5) is 0 Å². The molecule has 2 rings (SSSR count). The summed E-state index contributed by atoms with van der Waals surface area (Å²) in [6, 6.07) is 5.36. The van der Waals surface area contributed by atoms with Gasteiger partial charge in [0.15, 0.2) is 0 Å². The Labute approximate surface area is 84.6 Å². The highest BCUT2D eigenvalue weighted by molar-refractivity contribution is 4.93. The zero-order chi connectivity index (χ0) is 9.80. The number of aryl methyl sites for hydroxylation is 1. The van der Waals surface area contributed by atoms with Crippen LogP contribution in [0.25, 0.3) is 0 Å². The highest BCUT2D eigenvalue weighted by atomic mass is 16.1. The van der Waals surface area contributed by atoms with Crippen LogP contribution in [0.5, 0.6) is 0 Å². The molecule has 0 spiro atoms. The van der Waals surface area contributed by atoms with Crippen molar-refractivity contribution >= 4 is 0 Å². The van der Waals surface area contributed by atoms with E-state index in [1.54, 1.807) is 12.1 Å². The second kappa shape index (κ2) is 4.45. The topological polar surface area (TPSA) is 22.0 Å². The third kappa shape index (κ3) is 2.25. The molecule has 14 heavy (non-hydrogen) atoms. The lowest BCUT2D eigenvalue weighted by Crippen LogP contribution is -2.18. The van der Waals surface area contributed by atoms with Crippen molar-refractivity contribution < 1.29 is 0 Å². The molecule has 0 atom stereocenters. The molecule has 2 heteroatoms. The van der Waals surface area contributed by atoms with Crippen molar-refractivity contribution in [2.24, 2.45) is 5.92 Å². The molecule has 1 aromatic heterocycles. The Bertz CT molecular complexity index is 336. The van der Waals surface area contributed by atoms with Gasteiger partial charge in [-0.1, -0.05) is 31.7 Å². The molecule has 0 aromatic carbocycles. The van der Waals surface area contributed by atoms with Gasteiger partial charge >= 0.3 is 0 Å². The van der Waals surface area contributed by atoms with Gasteiger partial charge < -0.3 is 4.57 Å². The number of hydrogen-bond acceptors (Lipinski definition) is 1. The van der Waals surface area contributed by atoms with E-state index in [0.717, 1.165) is 12.5 Å². The summed E-state index contributed by atoms with van der Waals surface area (Å²) in [5.41, 5.74) is 0.130. The van der Waals surface area contributed by atoms with E-state index in [4.69, 9.17) is 0 Å². The quantitative estimate of drug-likeness (QED) is 0.719. The molecular weight excluding hydrogens is 174 g/mol. The van der Waals surface area contributed by atoms with E-state index in [1.165, 1.54) is 32.1 Å². The van der Waals surface area contributed by atoms with E-state index in [9.17, 15) is 4.79 Å². The van der Waals surface area contributed by atoms with Crippen LogP contribution in [-0.2, 0) is 6.54 Å². The largest absolute Gasteiger partial charge is 0.316 e. The average molecular weight is 191 g/mol. The number of hydrogen-bond donors (Lipinski definition) is 0. The van der Waals surface area contributed by atoms with Gasteiger partial charge in [0.25, 0.3) is 0 Å². The van der Waals surface area contributed by atoms with Gasteiger partial charge in [0.05, 0.1) is 0 Å². The van der Waals surface area contributed by atoms with Crippen LogP contribution in [0.15, 0.2) is 29.2 Å². The Morgan fingerprint density at radius 3 is 2.79 bits per heavy atom. The SMILES string of the molecule is O=c1ccccn1CCC1CCCC1. The fourth-order valence-electron chi connectivity index (χ4n) is 2.27. The molecule has 76 valence electrons. The number of aromatic nitrogens is 1. The van der Waals surface area contributed by atoms with Gasteiger partial charge in [-0.2, -0.15) is 0 Å².